The lowest BCUT2D eigenvalue weighted by molar-refractivity contribution is 0.102. The van der Waals surface area contributed by atoms with Crippen LogP contribution in [0.2, 0.25) is 0 Å². The molecule has 1 amide bonds. The van der Waals surface area contributed by atoms with Gasteiger partial charge in [0.1, 0.15) is 5.82 Å². The number of benzene rings is 2. The molecule has 20 heavy (non-hydrogen) atoms. The van der Waals surface area contributed by atoms with E-state index in [4.69, 9.17) is 0 Å². The number of halogens is 2. The Morgan fingerprint density at radius 3 is 3.00 bits per heavy atom. The van der Waals surface area contributed by atoms with Gasteiger partial charge in [-0.05, 0) is 40.2 Å². The van der Waals surface area contributed by atoms with Gasteiger partial charge in [0.05, 0.1) is 23.0 Å². The van der Waals surface area contributed by atoms with Crippen molar-refractivity contribution in [3.8, 4) is 0 Å². The number of rotatable bonds is 2. The second kappa shape index (κ2) is 5.05. The number of anilines is 1. The first-order chi connectivity index (χ1) is 9.65. The molecule has 100 valence electrons. The number of amides is 1. The van der Waals surface area contributed by atoms with Crippen molar-refractivity contribution in [1.82, 2.24) is 10.2 Å². The van der Waals surface area contributed by atoms with Crippen LogP contribution in [0.4, 0.5) is 10.1 Å². The van der Waals surface area contributed by atoms with Crippen LogP contribution in [0.5, 0.6) is 0 Å². The average Bonchev–Trinajstić information content (AvgIpc) is 2.91. The van der Waals surface area contributed by atoms with Gasteiger partial charge in [0.15, 0.2) is 0 Å². The molecule has 3 rings (SSSR count). The van der Waals surface area contributed by atoms with Gasteiger partial charge in [-0.3, -0.25) is 9.89 Å². The molecule has 0 aliphatic heterocycles. The second-order valence-electron chi connectivity index (χ2n) is 4.22. The van der Waals surface area contributed by atoms with Crippen LogP contribution in [0, 0.1) is 5.82 Å². The molecule has 0 fully saturated rings. The lowest BCUT2D eigenvalue weighted by atomic mass is 10.2. The van der Waals surface area contributed by atoms with E-state index in [-0.39, 0.29) is 5.56 Å². The molecule has 1 aromatic heterocycles. The van der Waals surface area contributed by atoms with Crippen molar-refractivity contribution >= 4 is 38.4 Å². The van der Waals surface area contributed by atoms with Crippen LogP contribution in [0.25, 0.3) is 10.9 Å². The van der Waals surface area contributed by atoms with Crippen LogP contribution < -0.4 is 5.32 Å². The Labute approximate surface area is 122 Å². The average molecular weight is 334 g/mol. The molecular weight excluding hydrogens is 325 g/mol. The maximum Gasteiger partial charge on any atom is 0.256 e. The SMILES string of the molecule is O=C(Nc1cccc2cn[nH]c12)c1cc(F)ccc1Br. The summed E-state index contributed by atoms with van der Waals surface area (Å²) < 4.78 is 13.8. The summed E-state index contributed by atoms with van der Waals surface area (Å²) >= 11 is 3.24. The zero-order valence-electron chi connectivity index (χ0n) is 10.2. The first-order valence-corrected chi connectivity index (χ1v) is 6.63. The lowest BCUT2D eigenvalue weighted by Gasteiger charge is -2.08. The molecule has 0 spiro atoms. The predicted molar refractivity (Wildman–Crippen MR) is 78.1 cm³/mol. The van der Waals surface area contributed by atoms with E-state index in [2.05, 4.69) is 31.4 Å². The number of carbonyl (C=O) groups is 1. The zero-order chi connectivity index (χ0) is 14.1. The molecule has 1 heterocycles. The molecule has 2 aromatic carbocycles. The highest BCUT2D eigenvalue weighted by Crippen LogP contribution is 2.23. The lowest BCUT2D eigenvalue weighted by Crippen LogP contribution is -2.13. The van der Waals surface area contributed by atoms with Crippen molar-refractivity contribution < 1.29 is 9.18 Å². The third kappa shape index (κ3) is 2.30. The first kappa shape index (κ1) is 12.8. The van der Waals surface area contributed by atoms with E-state index in [9.17, 15) is 9.18 Å². The summed E-state index contributed by atoms with van der Waals surface area (Å²) in [5.74, 6) is -0.850. The molecule has 0 saturated carbocycles. The highest BCUT2D eigenvalue weighted by Gasteiger charge is 2.13. The van der Waals surface area contributed by atoms with Crippen LogP contribution in [0.3, 0.4) is 0 Å². The van der Waals surface area contributed by atoms with Crippen LogP contribution in [0.1, 0.15) is 10.4 Å². The molecule has 0 saturated heterocycles. The number of carbonyl (C=O) groups excluding carboxylic acids is 1. The highest BCUT2D eigenvalue weighted by molar-refractivity contribution is 9.10. The van der Waals surface area contributed by atoms with Crippen LogP contribution in [-0.2, 0) is 0 Å². The van der Waals surface area contributed by atoms with E-state index >= 15 is 0 Å². The van der Waals surface area contributed by atoms with Gasteiger partial charge in [-0.15, -0.1) is 0 Å². The Morgan fingerprint density at radius 2 is 2.15 bits per heavy atom. The standard InChI is InChI=1S/C14H9BrFN3O/c15-11-5-4-9(16)6-10(11)14(20)18-12-3-1-2-8-7-17-19-13(8)12/h1-7H,(H,17,19)(H,18,20). The minimum Gasteiger partial charge on any atom is -0.320 e. The van der Waals surface area contributed by atoms with Gasteiger partial charge in [0.2, 0.25) is 0 Å². The maximum atomic E-state index is 13.2. The third-order valence-corrected chi connectivity index (χ3v) is 3.59. The van der Waals surface area contributed by atoms with Gasteiger partial charge in [0.25, 0.3) is 5.91 Å². The van der Waals surface area contributed by atoms with Crippen molar-refractivity contribution in [2.24, 2.45) is 0 Å². The quantitative estimate of drug-likeness (QED) is 0.750. The van der Waals surface area contributed by atoms with E-state index in [1.165, 1.54) is 18.2 Å². The number of nitrogens with one attached hydrogen (secondary N) is 2. The minimum atomic E-state index is -0.460. The fraction of sp³-hybridized carbons (Fsp3) is 0. The molecule has 4 nitrogen and oxygen atoms in total. The Bertz CT molecular complexity index is 800. The van der Waals surface area contributed by atoms with Crippen LogP contribution >= 0.6 is 15.9 Å². The Kier molecular flexibility index (Phi) is 3.23. The molecule has 3 aromatic rings. The number of fused-ring (bicyclic) bond motifs is 1. The summed E-state index contributed by atoms with van der Waals surface area (Å²) in [6.07, 6.45) is 1.67. The van der Waals surface area contributed by atoms with Gasteiger partial charge in [0, 0.05) is 9.86 Å². The molecule has 0 aliphatic carbocycles. The molecule has 0 unspecified atom stereocenters. The van der Waals surface area contributed by atoms with Gasteiger partial charge < -0.3 is 5.32 Å². The van der Waals surface area contributed by atoms with Crippen molar-refractivity contribution in [3.05, 3.63) is 58.4 Å². The molecular formula is C14H9BrFN3O. The van der Waals surface area contributed by atoms with Crippen LogP contribution in [-0.4, -0.2) is 16.1 Å². The molecule has 2 N–H and O–H groups in total. The summed E-state index contributed by atoms with van der Waals surface area (Å²) in [5.41, 5.74) is 1.57. The monoisotopic (exact) mass is 333 g/mol. The van der Waals surface area contributed by atoms with E-state index in [0.717, 1.165) is 10.9 Å². The van der Waals surface area contributed by atoms with Crippen molar-refractivity contribution in [2.75, 3.05) is 5.32 Å². The summed E-state index contributed by atoms with van der Waals surface area (Å²) in [6, 6.07) is 9.43. The maximum absolute atomic E-state index is 13.2. The zero-order valence-corrected chi connectivity index (χ0v) is 11.7. The largest absolute Gasteiger partial charge is 0.320 e. The summed E-state index contributed by atoms with van der Waals surface area (Å²) in [4.78, 5) is 12.2. The van der Waals surface area contributed by atoms with Crippen molar-refractivity contribution in [3.63, 3.8) is 0 Å². The van der Waals surface area contributed by atoms with Crippen LogP contribution in [0.15, 0.2) is 47.1 Å². The Morgan fingerprint density at radius 1 is 1.30 bits per heavy atom. The molecule has 0 radical (unpaired) electrons. The molecule has 6 heteroatoms. The van der Waals surface area contributed by atoms with E-state index in [0.29, 0.717) is 10.2 Å². The molecule has 0 bridgehead atoms. The fourth-order valence-electron chi connectivity index (χ4n) is 1.93. The minimum absolute atomic E-state index is 0.238. The number of para-hydroxylation sites is 1. The smallest absolute Gasteiger partial charge is 0.256 e. The third-order valence-electron chi connectivity index (χ3n) is 2.90. The fourth-order valence-corrected chi connectivity index (χ4v) is 2.36. The summed E-state index contributed by atoms with van der Waals surface area (Å²) in [7, 11) is 0. The van der Waals surface area contributed by atoms with Gasteiger partial charge >= 0.3 is 0 Å². The molecule has 0 aliphatic rings. The topological polar surface area (TPSA) is 57.8 Å². The summed E-state index contributed by atoms with van der Waals surface area (Å²) in [6.45, 7) is 0. The number of nitrogens with zero attached hydrogens (tertiary/aromatic N) is 1. The number of hydrogen-bond donors (Lipinski definition) is 2. The Balaban J connectivity index is 1.96. The van der Waals surface area contributed by atoms with Gasteiger partial charge in [-0.25, -0.2) is 4.39 Å². The Hall–Kier alpha value is -2.21. The van der Waals surface area contributed by atoms with E-state index < -0.39 is 11.7 Å². The normalized spacial score (nSPS) is 10.7. The number of aromatic amines is 1. The van der Waals surface area contributed by atoms with Crippen molar-refractivity contribution in [2.45, 2.75) is 0 Å². The first-order valence-electron chi connectivity index (χ1n) is 5.83. The van der Waals surface area contributed by atoms with Gasteiger partial charge in [-0.1, -0.05) is 12.1 Å². The van der Waals surface area contributed by atoms with Crippen molar-refractivity contribution in [1.29, 1.82) is 0 Å². The predicted octanol–water partition coefficient (Wildman–Crippen LogP) is 3.72. The molecule has 0 atom stereocenters. The van der Waals surface area contributed by atoms with E-state index in [1.807, 2.05) is 12.1 Å². The second-order valence-corrected chi connectivity index (χ2v) is 5.07. The number of H-pyrrole nitrogens is 1. The highest BCUT2D eigenvalue weighted by atomic mass is 79.9. The summed E-state index contributed by atoms with van der Waals surface area (Å²) in [5, 5.41) is 10.4. The van der Waals surface area contributed by atoms with Gasteiger partial charge in [-0.2, -0.15) is 5.10 Å². The number of aromatic nitrogens is 2. The number of hydrogen-bond acceptors (Lipinski definition) is 2. The van der Waals surface area contributed by atoms with E-state index in [1.54, 1.807) is 12.3 Å².